The van der Waals surface area contributed by atoms with E-state index in [-0.39, 0.29) is 23.8 Å². The van der Waals surface area contributed by atoms with Crippen LogP contribution in [0, 0.1) is 6.92 Å². The normalized spacial score (nSPS) is 11.4. The quantitative estimate of drug-likeness (QED) is 0.707. The van der Waals surface area contributed by atoms with Gasteiger partial charge in [0, 0.05) is 11.3 Å². The third kappa shape index (κ3) is 4.08. The second-order valence-corrected chi connectivity index (χ2v) is 5.81. The third-order valence-corrected chi connectivity index (χ3v) is 3.87. The van der Waals surface area contributed by atoms with Crippen molar-refractivity contribution in [3.63, 3.8) is 0 Å². The minimum absolute atomic E-state index is 0.0391. The van der Waals surface area contributed by atoms with Crippen molar-refractivity contribution in [3.8, 4) is 11.4 Å². The van der Waals surface area contributed by atoms with Gasteiger partial charge in [0.15, 0.2) is 0 Å². The minimum Gasteiger partial charge on any atom is -0.375 e. The summed E-state index contributed by atoms with van der Waals surface area (Å²) >= 11 is 0. The Bertz CT molecular complexity index is 983. The first-order chi connectivity index (χ1) is 12.8. The van der Waals surface area contributed by atoms with Crippen molar-refractivity contribution < 1.29 is 22.5 Å². The second kappa shape index (κ2) is 7.10. The number of halogens is 3. The molecule has 0 unspecified atom stereocenters. The largest absolute Gasteiger partial charge is 0.416 e. The molecule has 1 aromatic heterocycles. The number of hydrogen-bond acceptors (Lipinski definition) is 5. The summed E-state index contributed by atoms with van der Waals surface area (Å²) in [6.45, 7) is 1.83. The van der Waals surface area contributed by atoms with Gasteiger partial charge in [0.1, 0.15) is 0 Å². The van der Waals surface area contributed by atoms with E-state index in [4.69, 9.17) is 10.3 Å². The predicted molar refractivity (Wildman–Crippen MR) is 91.8 cm³/mol. The van der Waals surface area contributed by atoms with Crippen molar-refractivity contribution in [2.45, 2.75) is 19.6 Å². The number of nitrogens with zero attached hydrogens (tertiary/aromatic N) is 2. The summed E-state index contributed by atoms with van der Waals surface area (Å²) in [5.74, 6) is -0.387. The first kappa shape index (κ1) is 18.4. The van der Waals surface area contributed by atoms with Gasteiger partial charge in [-0.3, -0.25) is 4.79 Å². The number of aryl methyl sites for hydroxylation is 1. The molecule has 27 heavy (non-hydrogen) atoms. The molecule has 1 heterocycles. The number of nitrogens with two attached hydrogens (primary N) is 1. The molecule has 140 valence electrons. The number of alkyl halides is 3. The van der Waals surface area contributed by atoms with Crippen LogP contribution in [-0.4, -0.2) is 16.0 Å². The van der Waals surface area contributed by atoms with Crippen LogP contribution < -0.4 is 11.1 Å². The molecule has 9 heteroatoms. The van der Waals surface area contributed by atoms with Crippen LogP contribution in [0.15, 0.2) is 47.0 Å². The average Bonchev–Trinajstić information content (AvgIpc) is 3.08. The van der Waals surface area contributed by atoms with Crippen molar-refractivity contribution in [2.75, 3.05) is 5.32 Å². The van der Waals surface area contributed by atoms with Gasteiger partial charge in [-0.1, -0.05) is 29.4 Å². The van der Waals surface area contributed by atoms with Gasteiger partial charge in [-0.2, -0.15) is 18.2 Å². The number of benzene rings is 2. The van der Waals surface area contributed by atoms with Gasteiger partial charge in [-0.05, 0) is 30.7 Å². The van der Waals surface area contributed by atoms with E-state index in [2.05, 4.69) is 15.5 Å². The Balaban J connectivity index is 1.78. The zero-order valence-electron chi connectivity index (χ0n) is 14.2. The van der Waals surface area contributed by atoms with Gasteiger partial charge in [0.25, 0.3) is 5.91 Å². The Morgan fingerprint density at radius 1 is 1.22 bits per heavy atom. The van der Waals surface area contributed by atoms with Crippen molar-refractivity contribution in [1.29, 1.82) is 0 Å². The molecule has 0 spiro atoms. The number of hydrogen-bond donors (Lipinski definition) is 2. The van der Waals surface area contributed by atoms with Crippen LogP contribution in [0.2, 0.25) is 0 Å². The number of amides is 1. The first-order valence-electron chi connectivity index (χ1n) is 7.89. The molecule has 0 fully saturated rings. The molecular weight excluding hydrogens is 361 g/mol. The van der Waals surface area contributed by atoms with Crippen molar-refractivity contribution in [2.24, 2.45) is 5.73 Å². The van der Waals surface area contributed by atoms with E-state index >= 15 is 0 Å². The molecule has 0 aliphatic carbocycles. The lowest BCUT2D eigenvalue weighted by Gasteiger charge is -2.10. The van der Waals surface area contributed by atoms with E-state index in [0.717, 1.165) is 12.1 Å². The van der Waals surface area contributed by atoms with Crippen molar-refractivity contribution in [3.05, 3.63) is 65.0 Å². The highest BCUT2D eigenvalue weighted by Crippen LogP contribution is 2.31. The lowest BCUT2D eigenvalue weighted by molar-refractivity contribution is -0.137. The fourth-order valence-corrected chi connectivity index (χ4v) is 2.59. The van der Waals surface area contributed by atoms with Gasteiger partial charge in [-0.15, -0.1) is 0 Å². The summed E-state index contributed by atoms with van der Waals surface area (Å²) in [6, 6.07) is 9.84. The highest BCUT2D eigenvalue weighted by Gasteiger charge is 2.30. The fraction of sp³-hybridized carbons (Fsp3) is 0.167. The molecule has 0 radical (unpaired) electrons. The van der Waals surface area contributed by atoms with Gasteiger partial charge in [0.05, 0.1) is 17.7 Å². The summed E-state index contributed by atoms with van der Waals surface area (Å²) in [5.41, 5.74) is 6.34. The molecule has 0 saturated heterocycles. The molecule has 2 aromatic carbocycles. The Hall–Kier alpha value is -3.36. The maximum atomic E-state index is 12.8. The number of carbonyl (C=O) groups is 1. The maximum Gasteiger partial charge on any atom is 0.416 e. The average molecular weight is 376 g/mol. The Kier molecular flexibility index (Phi) is 4.85. The Labute approximate surface area is 152 Å². The van der Waals surface area contributed by atoms with Gasteiger partial charge in [0.2, 0.25) is 11.7 Å². The number of rotatable bonds is 5. The lowest BCUT2D eigenvalue weighted by atomic mass is 10.1. The third-order valence-electron chi connectivity index (χ3n) is 3.87. The van der Waals surface area contributed by atoms with Gasteiger partial charge in [-0.25, -0.2) is 0 Å². The van der Waals surface area contributed by atoms with Gasteiger partial charge >= 0.3 is 6.18 Å². The van der Waals surface area contributed by atoms with Crippen LogP contribution in [0.1, 0.15) is 27.4 Å². The zero-order valence-corrected chi connectivity index (χ0v) is 14.2. The van der Waals surface area contributed by atoms with Crippen molar-refractivity contribution in [1.82, 2.24) is 10.1 Å². The molecular formula is C18H15F3N4O2. The second-order valence-electron chi connectivity index (χ2n) is 5.81. The summed E-state index contributed by atoms with van der Waals surface area (Å²) in [6.07, 6.45) is -4.46. The van der Waals surface area contributed by atoms with E-state index in [0.29, 0.717) is 16.8 Å². The molecule has 0 saturated carbocycles. The van der Waals surface area contributed by atoms with Crippen LogP contribution in [0.5, 0.6) is 0 Å². The van der Waals surface area contributed by atoms with Crippen LogP contribution in [0.3, 0.4) is 0 Å². The SMILES string of the molecule is Cc1cccc(NCc2nc(-c3cccc(C(F)(F)F)c3)no2)c1C(N)=O. The van der Waals surface area contributed by atoms with E-state index in [1.165, 1.54) is 12.1 Å². The molecule has 6 nitrogen and oxygen atoms in total. The molecule has 0 bridgehead atoms. The number of nitrogens with one attached hydrogen (secondary N) is 1. The number of primary amides is 1. The topological polar surface area (TPSA) is 94.0 Å². The Morgan fingerprint density at radius 3 is 2.67 bits per heavy atom. The number of carbonyl (C=O) groups excluding carboxylic acids is 1. The van der Waals surface area contributed by atoms with Crippen LogP contribution in [0.4, 0.5) is 18.9 Å². The van der Waals surface area contributed by atoms with Crippen LogP contribution in [0.25, 0.3) is 11.4 Å². The standard InChI is InChI=1S/C18H15F3N4O2/c1-10-4-2-7-13(15(10)16(22)26)23-9-14-24-17(25-27-14)11-5-3-6-12(8-11)18(19,20)21/h2-8,23H,9H2,1H3,(H2,22,26). The number of anilines is 1. The fourth-order valence-electron chi connectivity index (χ4n) is 2.59. The van der Waals surface area contributed by atoms with E-state index in [1.807, 2.05) is 0 Å². The predicted octanol–water partition coefficient (Wildman–Crippen LogP) is 3.77. The van der Waals surface area contributed by atoms with Gasteiger partial charge < -0.3 is 15.6 Å². The number of aromatic nitrogens is 2. The summed E-state index contributed by atoms with van der Waals surface area (Å²) in [5, 5.41) is 6.69. The van der Waals surface area contributed by atoms with E-state index in [1.54, 1.807) is 25.1 Å². The maximum absolute atomic E-state index is 12.8. The van der Waals surface area contributed by atoms with Crippen LogP contribution >= 0.6 is 0 Å². The van der Waals surface area contributed by atoms with E-state index in [9.17, 15) is 18.0 Å². The smallest absolute Gasteiger partial charge is 0.375 e. The molecule has 0 aliphatic heterocycles. The monoisotopic (exact) mass is 376 g/mol. The molecule has 0 atom stereocenters. The molecule has 3 aromatic rings. The molecule has 3 rings (SSSR count). The Morgan fingerprint density at radius 2 is 1.96 bits per heavy atom. The lowest BCUT2D eigenvalue weighted by Crippen LogP contribution is -2.16. The zero-order chi connectivity index (χ0) is 19.6. The molecule has 0 aliphatic rings. The minimum atomic E-state index is -4.46. The first-order valence-corrected chi connectivity index (χ1v) is 7.89. The molecule has 1 amide bonds. The van der Waals surface area contributed by atoms with Crippen molar-refractivity contribution >= 4 is 11.6 Å². The van der Waals surface area contributed by atoms with E-state index < -0.39 is 17.6 Å². The highest BCUT2D eigenvalue weighted by atomic mass is 19.4. The molecule has 3 N–H and O–H groups in total. The summed E-state index contributed by atoms with van der Waals surface area (Å²) in [7, 11) is 0. The summed E-state index contributed by atoms with van der Waals surface area (Å²) < 4.78 is 43.5. The summed E-state index contributed by atoms with van der Waals surface area (Å²) in [4.78, 5) is 15.7. The van der Waals surface area contributed by atoms with Crippen LogP contribution in [-0.2, 0) is 12.7 Å². The highest BCUT2D eigenvalue weighted by molar-refractivity contribution is 5.99.